The SMILES string of the molecule is [2H]c1c([2H])c([2H])c2c(c1[2H])c1c([2H])c(-c3ccc4c(c3)c3ccc(-c5ccccc5)cc3n4-c3ccc(-c4ccccc4)cc3)c([2H])c([2H])c1n2-c1cccc2ccccc12. The smallest absolute Gasteiger partial charge is 0.0645 e. The summed E-state index contributed by atoms with van der Waals surface area (Å²) in [5.41, 5.74) is 9.05. The molecule has 0 amide bonds. The van der Waals surface area contributed by atoms with E-state index in [0.29, 0.717) is 11.3 Å². The van der Waals surface area contributed by atoms with Crippen LogP contribution in [-0.2, 0) is 0 Å². The van der Waals surface area contributed by atoms with Gasteiger partial charge in [0, 0.05) is 32.6 Å². The van der Waals surface area contributed by atoms with Gasteiger partial charge in [-0.2, -0.15) is 0 Å². The third-order valence-electron chi connectivity index (χ3n) is 10.6. The Labute approximate surface area is 323 Å². The molecule has 54 heavy (non-hydrogen) atoms. The van der Waals surface area contributed by atoms with Crippen LogP contribution in [0.1, 0.15) is 9.60 Å². The molecule has 2 aromatic heterocycles. The van der Waals surface area contributed by atoms with Crippen LogP contribution in [0.5, 0.6) is 0 Å². The Kier molecular flexibility index (Phi) is 5.47. The monoisotopic (exact) mass is 693 g/mol. The molecule has 11 rings (SSSR count). The molecule has 0 N–H and O–H groups in total. The molecule has 2 nitrogen and oxygen atoms in total. The Bertz CT molecular complexity index is 3590. The van der Waals surface area contributed by atoms with Gasteiger partial charge in [-0.15, -0.1) is 0 Å². The lowest BCUT2D eigenvalue weighted by Crippen LogP contribution is -1.95. The van der Waals surface area contributed by atoms with Gasteiger partial charge in [0.2, 0.25) is 0 Å². The van der Waals surface area contributed by atoms with Crippen molar-refractivity contribution in [1.82, 2.24) is 9.13 Å². The highest BCUT2D eigenvalue weighted by atomic mass is 15.0. The molecule has 0 aliphatic rings. The van der Waals surface area contributed by atoms with Gasteiger partial charge in [-0.25, -0.2) is 0 Å². The van der Waals surface area contributed by atoms with E-state index in [0.717, 1.165) is 60.5 Å². The number of fused-ring (bicyclic) bond motifs is 7. The maximum absolute atomic E-state index is 9.88. The predicted octanol–water partition coefficient (Wildman–Crippen LogP) is 14.0. The number of hydrogen-bond donors (Lipinski definition) is 0. The largest absolute Gasteiger partial charge is 0.309 e. The Morgan fingerprint density at radius 3 is 1.81 bits per heavy atom. The Morgan fingerprint density at radius 2 is 0.981 bits per heavy atom. The third-order valence-corrected chi connectivity index (χ3v) is 10.6. The second kappa shape index (κ2) is 12.2. The number of nitrogens with zero attached hydrogens (tertiary/aromatic N) is 2. The van der Waals surface area contributed by atoms with Crippen molar-refractivity contribution in [3.8, 4) is 44.8 Å². The van der Waals surface area contributed by atoms with E-state index in [9.17, 15) is 4.11 Å². The molecule has 2 heteroatoms. The van der Waals surface area contributed by atoms with Gasteiger partial charge >= 0.3 is 0 Å². The molecule has 0 unspecified atom stereocenters. The topological polar surface area (TPSA) is 9.86 Å². The van der Waals surface area contributed by atoms with Gasteiger partial charge in [0.15, 0.2) is 0 Å². The number of para-hydroxylation sites is 1. The molecule has 0 aliphatic carbocycles. The van der Waals surface area contributed by atoms with Crippen molar-refractivity contribution in [2.75, 3.05) is 0 Å². The van der Waals surface area contributed by atoms with E-state index < -0.39 is 12.1 Å². The molecule has 0 saturated heterocycles. The van der Waals surface area contributed by atoms with Gasteiger partial charge in [-0.1, -0.05) is 152 Å². The molecule has 0 atom stereocenters. The lowest BCUT2D eigenvalue weighted by atomic mass is 9.99. The van der Waals surface area contributed by atoms with Gasteiger partial charge in [0.25, 0.3) is 0 Å². The van der Waals surface area contributed by atoms with Crippen molar-refractivity contribution < 1.29 is 9.60 Å². The number of rotatable bonds is 5. The highest BCUT2D eigenvalue weighted by Crippen LogP contribution is 2.40. The molecule has 0 fully saturated rings. The summed E-state index contributed by atoms with van der Waals surface area (Å²) >= 11 is 0. The minimum absolute atomic E-state index is 0.0732. The highest BCUT2D eigenvalue weighted by molar-refractivity contribution is 6.14. The van der Waals surface area contributed by atoms with E-state index in [4.69, 9.17) is 5.48 Å². The van der Waals surface area contributed by atoms with Crippen LogP contribution in [0.4, 0.5) is 0 Å². The van der Waals surface area contributed by atoms with Crippen molar-refractivity contribution in [2.45, 2.75) is 0 Å². The van der Waals surface area contributed by atoms with Crippen LogP contribution >= 0.6 is 0 Å². The third kappa shape index (κ3) is 4.81. The summed E-state index contributed by atoms with van der Waals surface area (Å²) in [5.74, 6) is 0. The average molecular weight is 694 g/mol. The van der Waals surface area contributed by atoms with Crippen LogP contribution in [0, 0.1) is 0 Å². The maximum atomic E-state index is 9.88. The normalized spacial score (nSPS) is 13.5. The standard InChI is InChI=1S/C52H34N2/c1-3-12-35(13-4-1)37-22-27-42(28-23-37)53-50-30-25-39(33-47(50)45-29-24-41(34-52(45)53)36-14-5-2-6-15-36)40-26-31-51-46(32-40)44-19-9-10-20-49(44)54(51)48-21-11-17-38-16-7-8-18-43(38)48/h1-34H/i9D,10D,19D,20D,26D,31D,32D. The second-order valence-corrected chi connectivity index (χ2v) is 13.6. The summed E-state index contributed by atoms with van der Waals surface area (Å²) in [6.07, 6.45) is 0. The molecule has 0 radical (unpaired) electrons. The van der Waals surface area contributed by atoms with Gasteiger partial charge in [0.1, 0.15) is 0 Å². The van der Waals surface area contributed by atoms with Gasteiger partial charge < -0.3 is 9.13 Å². The van der Waals surface area contributed by atoms with E-state index in [1.807, 2.05) is 97.1 Å². The summed E-state index contributed by atoms with van der Waals surface area (Å²) in [6, 6.07) is 53.0. The fourth-order valence-corrected chi connectivity index (χ4v) is 8.00. The molecular weight excluding hydrogens is 653 g/mol. The first-order valence-corrected chi connectivity index (χ1v) is 18.0. The van der Waals surface area contributed by atoms with E-state index in [1.54, 1.807) is 4.57 Å². The van der Waals surface area contributed by atoms with Crippen molar-refractivity contribution in [3.63, 3.8) is 0 Å². The van der Waals surface area contributed by atoms with Crippen LogP contribution in [0.25, 0.3) is 99.1 Å². The molecular formula is C52H34N2. The van der Waals surface area contributed by atoms with Crippen LogP contribution < -0.4 is 0 Å². The first kappa shape index (κ1) is 24.2. The van der Waals surface area contributed by atoms with Crippen LogP contribution in [0.2, 0.25) is 0 Å². The van der Waals surface area contributed by atoms with Crippen molar-refractivity contribution >= 4 is 54.4 Å². The summed E-state index contributed by atoms with van der Waals surface area (Å²) in [6.45, 7) is 0. The number of hydrogen-bond acceptors (Lipinski definition) is 0. The quantitative estimate of drug-likeness (QED) is 0.170. The zero-order valence-electron chi connectivity index (χ0n) is 36.0. The molecule has 11 aromatic rings. The maximum Gasteiger partial charge on any atom is 0.0645 e. The minimum Gasteiger partial charge on any atom is -0.309 e. The van der Waals surface area contributed by atoms with Gasteiger partial charge in [0.05, 0.1) is 37.3 Å². The minimum atomic E-state index is -0.419. The molecule has 0 saturated carbocycles. The van der Waals surface area contributed by atoms with Crippen LogP contribution in [0.15, 0.2) is 206 Å². The number of benzene rings is 9. The first-order valence-electron chi connectivity index (χ1n) is 21.5. The molecule has 252 valence electrons. The van der Waals surface area contributed by atoms with Crippen molar-refractivity contribution in [2.24, 2.45) is 0 Å². The van der Waals surface area contributed by atoms with Gasteiger partial charge in [-0.05, 0) is 93.3 Å². The summed E-state index contributed by atoms with van der Waals surface area (Å²) < 4.78 is 68.7. The Balaban J connectivity index is 1.19. The zero-order chi connectivity index (χ0) is 41.7. The van der Waals surface area contributed by atoms with E-state index in [-0.39, 0.29) is 57.6 Å². The molecule has 0 bridgehead atoms. The van der Waals surface area contributed by atoms with E-state index in [1.165, 1.54) is 0 Å². The lowest BCUT2D eigenvalue weighted by molar-refractivity contribution is 1.18. The van der Waals surface area contributed by atoms with E-state index in [2.05, 4.69) is 71.3 Å². The van der Waals surface area contributed by atoms with E-state index >= 15 is 0 Å². The van der Waals surface area contributed by atoms with Crippen molar-refractivity contribution in [3.05, 3.63) is 206 Å². The van der Waals surface area contributed by atoms with Crippen LogP contribution in [0.3, 0.4) is 0 Å². The number of aromatic nitrogens is 2. The molecule has 0 spiro atoms. The predicted molar refractivity (Wildman–Crippen MR) is 229 cm³/mol. The summed E-state index contributed by atoms with van der Waals surface area (Å²) in [7, 11) is 0. The first-order chi connectivity index (χ1) is 29.7. The van der Waals surface area contributed by atoms with Crippen molar-refractivity contribution in [1.29, 1.82) is 0 Å². The fraction of sp³-hybridized carbons (Fsp3) is 0. The summed E-state index contributed by atoms with van der Waals surface area (Å²) in [4.78, 5) is 0. The fourth-order valence-electron chi connectivity index (χ4n) is 8.00. The van der Waals surface area contributed by atoms with Gasteiger partial charge in [-0.3, -0.25) is 0 Å². The Morgan fingerprint density at radius 1 is 0.333 bits per heavy atom. The molecule has 9 aromatic carbocycles. The zero-order valence-corrected chi connectivity index (χ0v) is 29.0. The average Bonchev–Trinajstić information content (AvgIpc) is 3.83. The molecule has 2 heterocycles. The van der Waals surface area contributed by atoms with Crippen LogP contribution in [-0.4, -0.2) is 9.13 Å². The lowest BCUT2D eigenvalue weighted by Gasteiger charge is -2.12. The highest BCUT2D eigenvalue weighted by Gasteiger charge is 2.18. The second-order valence-electron chi connectivity index (χ2n) is 13.6. The summed E-state index contributed by atoms with van der Waals surface area (Å²) in [5, 5.41) is 3.97. The molecule has 0 aliphatic heterocycles. The Hall–Kier alpha value is -7.16.